The Labute approximate surface area is 152 Å². The van der Waals surface area contributed by atoms with E-state index in [2.05, 4.69) is 57.7 Å². The minimum Gasteiger partial charge on any atom is -0.497 e. The van der Waals surface area contributed by atoms with Gasteiger partial charge in [0.1, 0.15) is 11.4 Å². The van der Waals surface area contributed by atoms with E-state index < -0.39 is 0 Å². The third kappa shape index (κ3) is 2.33. The first-order valence-electron chi connectivity index (χ1n) is 9.16. The van der Waals surface area contributed by atoms with Crippen molar-refractivity contribution in [3.8, 4) is 28.3 Å². The van der Waals surface area contributed by atoms with Gasteiger partial charge in [-0.1, -0.05) is 30.3 Å². The van der Waals surface area contributed by atoms with E-state index in [1.165, 1.54) is 35.2 Å². The van der Waals surface area contributed by atoms with Gasteiger partial charge >= 0.3 is 0 Å². The van der Waals surface area contributed by atoms with Crippen LogP contribution in [-0.4, -0.2) is 21.3 Å². The lowest BCUT2D eigenvalue weighted by atomic mass is 10.0. The average Bonchev–Trinajstić information content (AvgIpc) is 3.13. The van der Waals surface area contributed by atoms with Crippen LogP contribution in [0.15, 0.2) is 60.8 Å². The molecule has 0 amide bonds. The molecule has 130 valence electrons. The maximum atomic E-state index is 5.29. The number of nitrogens with zero attached hydrogens (tertiary/aromatic N) is 3. The summed E-state index contributed by atoms with van der Waals surface area (Å²) < 4.78 is 9.75. The lowest BCUT2D eigenvalue weighted by Crippen LogP contribution is -1.99. The highest BCUT2D eigenvalue weighted by Gasteiger charge is 2.22. The molecule has 0 radical (unpaired) electrons. The molecule has 4 heteroatoms. The third-order valence-corrected chi connectivity index (χ3v) is 5.27. The van der Waals surface area contributed by atoms with Gasteiger partial charge in [-0.2, -0.15) is 0 Å². The van der Waals surface area contributed by atoms with Gasteiger partial charge < -0.3 is 9.30 Å². The molecular weight excluding hydrogens is 322 g/mol. The molecule has 1 aliphatic heterocycles. The monoisotopic (exact) mass is 343 g/mol. The van der Waals surface area contributed by atoms with Crippen molar-refractivity contribution >= 4 is 5.65 Å². The molecule has 1 aliphatic rings. The van der Waals surface area contributed by atoms with Crippen LogP contribution in [0.3, 0.4) is 0 Å². The summed E-state index contributed by atoms with van der Waals surface area (Å²) in [6.07, 6.45) is 5.69. The molecule has 0 aliphatic carbocycles. The molecular formula is C22H21N3O. The molecule has 0 N–H and O–H groups in total. The van der Waals surface area contributed by atoms with Crippen molar-refractivity contribution in [2.45, 2.75) is 25.8 Å². The van der Waals surface area contributed by atoms with Gasteiger partial charge in [-0.15, -0.1) is 5.10 Å². The maximum Gasteiger partial charge on any atom is 0.162 e. The number of benzene rings is 2. The van der Waals surface area contributed by atoms with Crippen LogP contribution in [-0.2, 0) is 13.0 Å². The van der Waals surface area contributed by atoms with Crippen LogP contribution in [0.25, 0.3) is 28.2 Å². The van der Waals surface area contributed by atoms with E-state index in [1.807, 2.05) is 12.1 Å². The van der Waals surface area contributed by atoms with Crippen molar-refractivity contribution < 1.29 is 4.74 Å². The van der Waals surface area contributed by atoms with E-state index in [0.717, 1.165) is 30.1 Å². The predicted molar refractivity (Wildman–Crippen MR) is 104 cm³/mol. The lowest BCUT2D eigenvalue weighted by molar-refractivity contribution is 0.415. The first-order valence-corrected chi connectivity index (χ1v) is 9.16. The maximum absolute atomic E-state index is 5.29. The summed E-state index contributed by atoms with van der Waals surface area (Å²) in [6, 6.07) is 18.8. The zero-order valence-electron chi connectivity index (χ0n) is 14.9. The second-order valence-electron chi connectivity index (χ2n) is 6.82. The van der Waals surface area contributed by atoms with Crippen LogP contribution in [0, 0.1) is 0 Å². The Kier molecular flexibility index (Phi) is 3.56. The molecule has 0 fully saturated rings. The van der Waals surface area contributed by atoms with Crippen LogP contribution in [0.2, 0.25) is 0 Å². The zero-order chi connectivity index (χ0) is 17.5. The Balaban J connectivity index is 1.70. The zero-order valence-corrected chi connectivity index (χ0v) is 14.9. The average molecular weight is 343 g/mol. The fourth-order valence-electron chi connectivity index (χ4n) is 3.99. The van der Waals surface area contributed by atoms with Gasteiger partial charge in [0.05, 0.1) is 7.11 Å². The minimum atomic E-state index is 0.870. The highest BCUT2D eigenvalue weighted by Crippen LogP contribution is 2.35. The highest BCUT2D eigenvalue weighted by atomic mass is 16.5. The van der Waals surface area contributed by atoms with Crippen molar-refractivity contribution in [2.75, 3.05) is 7.11 Å². The Morgan fingerprint density at radius 3 is 2.50 bits per heavy atom. The van der Waals surface area contributed by atoms with Crippen molar-refractivity contribution in [3.63, 3.8) is 0 Å². The van der Waals surface area contributed by atoms with E-state index >= 15 is 0 Å². The summed E-state index contributed by atoms with van der Waals surface area (Å²) in [5.41, 5.74) is 6.37. The number of ether oxygens (including phenoxy) is 1. The van der Waals surface area contributed by atoms with Gasteiger partial charge in [0.15, 0.2) is 5.82 Å². The summed E-state index contributed by atoms with van der Waals surface area (Å²) >= 11 is 0. The fraction of sp³-hybridized carbons (Fsp3) is 0.227. The Morgan fingerprint density at radius 2 is 1.73 bits per heavy atom. The number of aromatic nitrogens is 3. The molecule has 0 bridgehead atoms. The number of aryl methyl sites for hydroxylation is 2. The molecule has 2 aromatic heterocycles. The highest BCUT2D eigenvalue weighted by molar-refractivity contribution is 5.76. The van der Waals surface area contributed by atoms with Gasteiger partial charge in [0.25, 0.3) is 0 Å². The number of rotatable bonds is 3. The minimum absolute atomic E-state index is 0.870. The van der Waals surface area contributed by atoms with Crippen LogP contribution < -0.4 is 4.74 Å². The van der Waals surface area contributed by atoms with E-state index in [9.17, 15) is 0 Å². The number of methoxy groups -OCH3 is 1. The molecule has 4 nitrogen and oxygen atoms in total. The molecule has 0 saturated carbocycles. The second kappa shape index (κ2) is 6.06. The summed E-state index contributed by atoms with van der Waals surface area (Å²) in [4.78, 5) is 0. The molecule has 0 atom stereocenters. The largest absolute Gasteiger partial charge is 0.497 e. The van der Waals surface area contributed by atoms with Gasteiger partial charge in [0, 0.05) is 29.4 Å². The Morgan fingerprint density at radius 1 is 0.923 bits per heavy atom. The van der Waals surface area contributed by atoms with Crippen LogP contribution in [0.1, 0.15) is 18.4 Å². The third-order valence-electron chi connectivity index (χ3n) is 5.27. The van der Waals surface area contributed by atoms with E-state index in [4.69, 9.17) is 9.84 Å². The van der Waals surface area contributed by atoms with Crippen molar-refractivity contribution in [1.29, 1.82) is 0 Å². The normalized spacial score (nSPS) is 13.7. The lowest BCUT2D eigenvalue weighted by Gasteiger charge is -2.07. The molecule has 0 saturated heterocycles. The van der Waals surface area contributed by atoms with Crippen LogP contribution in [0.5, 0.6) is 5.75 Å². The van der Waals surface area contributed by atoms with E-state index in [1.54, 1.807) is 7.11 Å². The number of hydrogen-bond donors (Lipinski definition) is 0. The van der Waals surface area contributed by atoms with Crippen molar-refractivity contribution in [1.82, 2.24) is 14.2 Å². The molecule has 0 unspecified atom stereocenters. The van der Waals surface area contributed by atoms with Gasteiger partial charge in [0.2, 0.25) is 0 Å². The smallest absolute Gasteiger partial charge is 0.162 e. The molecule has 5 rings (SSSR count). The predicted octanol–water partition coefficient (Wildman–Crippen LogP) is 4.81. The summed E-state index contributed by atoms with van der Waals surface area (Å²) in [5, 5.41) is 4.94. The Bertz CT molecular complexity index is 1060. The Hall–Kier alpha value is -3.01. The molecule has 0 spiro atoms. The number of hydrogen-bond acceptors (Lipinski definition) is 2. The van der Waals surface area contributed by atoms with E-state index in [0.29, 0.717) is 0 Å². The molecule has 2 aromatic carbocycles. The van der Waals surface area contributed by atoms with Crippen molar-refractivity contribution in [3.05, 3.63) is 66.4 Å². The molecule has 26 heavy (non-hydrogen) atoms. The summed E-state index contributed by atoms with van der Waals surface area (Å²) in [6.45, 7) is 1.01. The summed E-state index contributed by atoms with van der Waals surface area (Å²) in [5.74, 6) is 1.90. The van der Waals surface area contributed by atoms with E-state index in [-0.39, 0.29) is 0 Å². The van der Waals surface area contributed by atoms with Gasteiger partial charge in [-0.05, 0) is 49.1 Å². The second-order valence-corrected chi connectivity index (χ2v) is 6.82. The molecule has 4 aromatic rings. The molecule has 3 heterocycles. The van der Waals surface area contributed by atoms with Crippen LogP contribution in [0.4, 0.5) is 0 Å². The topological polar surface area (TPSA) is 31.5 Å². The first kappa shape index (κ1) is 15.3. The standard InChI is InChI=1S/C22H21N3O/c1-26-18-12-10-17(11-13-18)21-23-25-15-20(16-7-3-2-4-8-16)19-9-5-6-14-24(21)22(19)25/h2-4,7-8,10-13,15H,5-6,9,14H2,1H3. The van der Waals surface area contributed by atoms with Gasteiger partial charge in [-0.3, -0.25) is 0 Å². The van der Waals surface area contributed by atoms with Crippen molar-refractivity contribution in [2.24, 2.45) is 0 Å². The summed E-state index contributed by atoms with van der Waals surface area (Å²) in [7, 11) is 1.69. The van der Waals surface area contributed by atoms with Gasteiger partial charge in [-0.25, -0.2) is 4.52 Å². The fourth-order valence-corrected chi connectivity index (χ4v) is 3.99. The van der Waals surface area contributed by atoms with Crippen LogP contribution >= 0.6 is 0 Å². The first-order chi connectivity index (χ1) is 12.8. The SMILES string of the molecule is COc1ccc(-c2nn3cc(-c4ccccc4)c4c3n2CCCC4)cc1. The quantitative estimate of drug-likeness (QED) is 0.534.